The molecule has 4 nitrogen and oxygen atoms in total. The van der Waals surface area contributed by atoms with Gasteiger partial charge >= 0.3 is 11.9 Å². The maximum Gasteiger partial charge on any atom is 0.333 e. The molecule has 0 aliphatic heterocycles. The number of hydrogen-bond acceptors (Lipinski definition) is 4. The number of esters is 2. The van der Waals surface area contributed by atoms with E-state index in [0.29, 0.717) is 12.2 Å². The van der Waals surface area contributed by atoms with Crippen LogP contribution in [-0.4, -0.2) is 25.7 Å². The maximum atomic E-state index is 11.0. The first kappa shape index (κ1) is 17.8. The molecule has 0 spiro atoms. The fourth-order valence-electron chi connectivity index (χ4n) is 0.772. The van der Waals surface area contributed by atoms with Crippen molar-refractivity contribution in [3.63, 3.8) is 0 Å². The number of hydrogen-bond donors (Lipinski definition) is 0. The van der Waals surface area contributed by atoms with Gasteiger partial charge in [0.1, 0.15) is 0 Å². The van der Waals surface area contributed by atoms with Crippen molar-refractivity contribution >= 4 is 11.9 Å². The van der Waals surface area contributed by atoms with Gasteiger partial charge in [-0.1, -0.05) is 26.0 Å². The zero-order chi connectivity index (χ0) is 13.7. The number of allylic oxidation sites excluding steroid dienone is 1. The zero-order valence-electron chi connectivity index (χ0n) is 11.1. The van der Waals surface area contributed by atoms with Gasteiger partial charge in [-0.15, -0.1) is 0 Å². The second kappa shape index (κ2) is 12.5. The van der Waals surface area contributed by atoms with E-state index >= 15 is 0 Å². The Morgan fingerprint density at radius 3 is 2.18 bits per heavy atom. The van der Waals surface area contributed by atoms with Gasteiger partial charge in [-0.25, -0.2) is 9.59 Å². The minimum atomic E-state index is -0.394. The Bertz CT molecular complexity index is 267. The summed E-state index contributed by atoms with van der Waals surface area (Å²) >= 11 is 0. The molecule has 0 aromatic carbocycles. The molecule has 0 saturated carbocycles. The predicted octanol–water partition coefficient (Wildman–Crippen LogP) is 2.64. The average molecular weight is 242 g/mol. The summed E-state index contributed by atoms with van der Waals surface area (Å²) in [5, 5.41) is 0. The van der Waals surface area contributed by atoms with Gasteiger partial charge in [-0.3, -0.25) is 0 Å². The zero-order valence-corrected chi connectivity index (χ0v) is 11.1. The molecule has 0 unspecified atom stereocenters. The van der Waals surface area contributed by atoms with Gasteiger partial charge in [0.05, 0.1) is 13.7 Å². The largest absolute Gasteiger partial charge is 0.466 e. The van der Waals surface area contributed by atoms with Crippen molar-refractivity contribution in [2.45, 2.75) is 33.6 Å². The van der Waals surface area contributed by atoms with E-state index < -0.39 is 5.97 Å². The lowest BCUT2D eigenvalue weighted by Gasteiger charge is -2.00. The Kier molecular flexibility index (Phi) is 13.1. The second-order valence-corrected chi connectivity index (χ2v) is 3.12. The van der Waals surface area contributed by atoms with E-state index in [9.17, 15) is 9.59 Å². The molecule has 0 saturated heterocycles. The van der Waals surface area contributed by atoms with Crippen LogP contribution in [-0.2, 0) is 19.1 Å². The maximum absolute atomic E-state index is 11.0. The molecule has 0 aliphatic carbocycles. The fraction of sp³-hybridized carbons (Fsp3) is 0.538. The third-order valence-electron chi connectivity index (χ3n) is 1.70. The normalized spacial score (nSPS) is 9.76. The Morgan fingerprint density at radius 1 is 1.29 bits per heavy atom. The Labute approximate surface area is 103 Å². The Balaban J connectivity index is 0. The quantitative estimate of drug-likeness (QED) is 0.549. The summed E-state index contributed by atoms with van der Waals surface area (Å²) < 4.78 is 8.94. The van der Waals surface area contributed by atoms with E-state index in [4.69, 9.17) is 4.74 Å². The van der Waals surface area contributed by atoms with Crippen LogP contribution in [0.3, 0.4) is 0 Å². The van der Waals surface area contributed by atoms with E-state index in [-0.39, 0.29) is 5.97 Å². The number of methoxy groups -OCH3 is 1. The summed E-state index contributed by atoms with van der Waals surface area (Å²) in [6, 6.07) is 0. The van der Waals surface area contributed by atoms with Crippen molar-refractivity contribution in [1.82, 2.24) is 0 Å². The molecule has 0 aliphatic rings. The predicted molar refractivity (Wildman–Crippen MR) is 67.5 cm³/mol. The molecule has 0 bridgehead atoms. The van der Waals surface area contributed by atoms with Gasteiger partial charge in [0.15, 0.2) is 0 Å². The van der Waals surface area contributed by atoms with Gasteiger partial charge in [0.25, 0.3) is 0 Å². The highest BCUT2D eigenvalue weighted by atomic mass is 16.5. The first-order chi connectivity index (χ1) is 8.03. The molecule has 0 atom stereocenters. The molecular formula is C13H22O4. The van der Waals surface area contributed by atoms with E-state index in [1.165, 1.54) is 7.11 Å². The van der Waals surface area contributed by atoms with E-state index in [1.54, 1.807) is 6.92 Å². The SMILES string of the molecule is C=CC(=O)OC.CCCC=C(C)C(=O)OCC. The van der Waals surface area contributed by atoms with Gasteiger partial charge < -0.3 is 9.47 Å². The van der Waals surface area contributed by atoms with Gasteiger partial charge in [-0.05, 0) is 20.3 Å². The summed E-state index contributed by atoms with van der Waals surface area (Å²) in [6.07, 6.45) is 5.04. The lowest BCUT2D eigenvalue weighted by Crippen LogP contribution is -2.04. The van der Waals surface area contributed by atoms with Crippen LogP contribution in [0.2, 0.25) is 0 Å². The lowest BCUT2D eigenvalue weighted by atomic mass is 10.2. The number of rotatable bonds is 5. The molecule has 0 heterocycles. The van der Waals surface area contributed by atoms with Crippen molar-refractivity contribution in [3.8, 4) is 0 Å². The number of ether oxygens (including phenoxy) is 2. The fourth-order valence-corrected chi connectivity index (χ4v) is 0.772. The minimum Gasteiger partial charge on any atom is -0.466 e. The number of carbonyl (C=O) groups excluding carboxylic acids is 2. The molecule has 0 aromatic rings. The van der Waals surface area contributed by atoms with Crippen LogP contribution in [0.25, 0.3) is 0 Å². The minimum absolute atomic E-state index is 0.194. The summed E-state index contributed by atoms with van der Waals surface area (Å²) in [6.45, 7) is 9.29. The standard InChI is InChI=1S/C9H16O2.C4H6O2/c1-4-6-7-8(3)9(10)11-5-2;1-3-4(5)6-2/h7H,4-6H2,1-3H3;3H,1H2,2H3. The van der Waals surface area contributed by atoms with Crippen LogP contribution >= 0.6 is 0 Å². The molecule has 0 fully saturated rings. The molecule has 4 heteroatoms. The third-order valence-corrected chi connectivity index (χ3v) is 1.70. The first-order valence-corrected chi connectivity index (χ1v) is 5.57. The molecule has 0 rings (SSSR count). The van der Waals surface area contributed by atoms with E-state index in [0.717, 1.165) is 18.9 Å². The van der Waals surface area contributed by atoms with Crippen molar-refractivity contribution < 1.29 is 19.1 Å². The topological polar surface area (TPSA) is 52.6 Å². The lowest BCUT2D eigenvalue weighted by molar-refractivity contribution is -0.138. The summed E-state index contributed by atoms with van der Waals surface area (Å²) in [7, 11) is 1.31. The molecule has 98 valence electrons. The van der Waals surface area contributed by atoms with Crippen molar-refractivity contribution in [1.29, 1.82) is 0 Å². The molecule has 0 radical (unpaired) electrons. The summed E-state index contributed by atoms with van der Waals surface area (Å²) in [5.41, 5.74) is 0.716. The van der Waals surface area contributed by atoms with Crippen molar-refractivity contribution in [3.05, 3.63) is 24.3 Å². The van der Waals surface area contributed by atoms with Crippen LogP contribution < -0.4 is 0 Å². The summed E-state index contributed by atoms with van der Waals surface area (Å²) in [4.78, 5) is 20.8. The highest BCUT2D eigenvalue weighted by Gasteiger charge is 2.01. The van der Waals surface area contributed by atoms with Crippen molar-refractivity contribution in [2.75, 3.05) is 13.7 Å². The third kappa shape index (κ3) is 12.4. The average Bonchev–Trinajstić information content (AvgIpc) is 2.35. The number of unbranched alkanes of at least 4 members (excludes halogenated alkanes) is 1. The van der Waals surface area contributed by atoms with Crippen LogP contribution in [0.1, 0.15) is 33.6 Å². The molecule has 0 aromatic heterocycles. The van der Waals surface area contributed by atoms with Gasteiger partial charge in [-0.2, -0.15) is 0 Å². The molecule has 0 amide bonds. The Hall–Kier alpha value is -1.58. The monoisotopic (exact) mass is 242 g/mol. The highest BCUT2D eigenvalue weighted by molar-refractivity contribution is 5.87. The van der Waals surface area contributed by atoms with Crippen LogP contribution in [0.5, 0.6) is 0 Å². The van der Waals surface area contributed by atoms with Crippen molar-refractivity contribution in [2.24, 2.45) is 0 Å². The number of carbonyl (C=O) groups is 2. The van der Waals surface area contributed by atoms with Crippen LogP contribution in [0, 0.1) is 0 Å². The van der Waals surface area contributed by atoms with Crippen LogP contribution in [0.15, 0.2) is 24.3 Å². The first-order valence-electron chi connectivity index (χ1n) is 5.57. The second-order valence-electron chi connectivity index (χ2n) is 3.12. The van der Waals surface area contributed by atoms with Gasteiger partial charge in [0.2, 0.25) is 0 Å². The molecule has 0 N–H and O–H groups in total. The molecule has 17 heavy (non-hydrogen) atoms. The van der Waals surface area contributed by atoms with E-state index in [2.05, 4.69) is 18.2 Å². The van der Waals surface area contributed by atoms with Crippen LogP contribution in [0.4, 0.5) is 0 Å². The smallest absolute Gasteiger partial charge is 0.333 e. The highest BCUT2D eigenvalue weighted by Crippen LogP contribution is 2.00. The van der Waals surface area contributed by atoms with E-state index in [1.807, 2.05) is 13.0 Å². The summed E-state index contributed by atoms with van der Waals surface area (Å²) in [5.74, 6) is -0.587. The Morgan fingerprint density at radius 2 is 1.88 bits per heavy atom. The van der Waals surface area contributed by atoms with Gasteiger partial charge in [0, 0.05) is 11.6 Å². The molecular weight excluding hydrogens is 220 g/mol.